The van der Waals surface area contributed by atoms with Gasteiger partial charge in [-0.05, 0) is 50.1 Å². The van der Waals surface area contributed by atoms with Gasteiger partial charge in [-0.3, -0.25) is 4.90 Å². The molecule has 1 unspecified atom stereocenters. The number of likely N-dealkylation sites (tertiary alicyclic amines) is 1. The van der Waals surface area contributed by atoms with Crippen LogP contribution in [0.25, 0.3) is 22.1 Å². The number of phenols is 1. The van der Waals surface area contributed by atoms with Crippen molar-refractivity contribution in [1.82, 2.24) is 4.90 Å². The van der Waals surface area contributed by atoms with E-state index in [0.29, 0.717) is 29.3 Å². The molecule has 0 amide bonds. The minimum absolute atomic E-state index is 0.186. The molecule has 1 saturated heterocycles. The van der Waals surface area contributed by atoms with Crippen molar-refractivity contribution in [2.24, 2.45) is 0 Å². The topological polar surface area (TPSA) is 53.7 Å². The molecule has 1 aliphatic rings. The molecule has 2 aromatic carbocycles. The highest BCUT2D eigenvalue weighted by atomic mass is 16.4. The maximum absolute atomic E-state index is 12.6. The molecule has 4 rings (SSSR count). The molecule has 4 nitrogen and oxygen atoms in total. The first-order chi connectivity index (χ1) is 12.6. The van der Waals surface area contributed by atoms with Gasteiger partial charge in [-0.2, -0.15) is 0 Å². The van der Waals surface area contributed by atoms with Crippen LogP contribution in [0.1, 0.15) is 31.7 Å². The fraction of sp³-hybridized carbons (Fsp3) is 0.318. The molecule has 1 fully saturated rings. The number of fused-ring (bicyclic) bond motifs is 1. The molecule has 0 radical (unpaired) electrons. The summed E-state index contributed by atoms with van der Waals surface area (Å²) >= 11 is 0. The van der Waals surface area contributed by atoms with E-state index in [0.717, 1.165) is 30.3 Å². The Morgan fingerprint density at radius 2 is 1.96 bits per heavy atom. The summed E-state index contributed by atoms with van der Waals surface area (Å²) < 4.78 is 5.69. The van der Waals surface area contributed by atoms with E-state index in [1.165, 1.54) is 6.42 Å². The van der Waals surface area contributed by atoms with Crippen LogP contribution in [-0.4, -0.2) is 22.6 Å². The number of phenolic OH excluding ortho intramolecular Hbond substituents is 1. The van der Waals surface area contributed by atoms with Crippen molar-refractivity contribution in [2.45, 2.75) is 38.8 Å². The van der Waals surface area contributed by atoms with Gasteiger partial charge in [0.05, 0.1) is 11.1 Å². The van der Waals surface area contributed by atoms with Crippen molar-refractivity contribution >= 4 is 11.0 Å². The Balaban J connectivity index is 1.80. The van der Waals surface area contributed by atoms with Gasteiger partial charge in [0.1, 0.15) is 11.3 Å². The summed E-state index contributed by atoms with van der Waals surface area (Å²) in [5.41, 5.74) is 2.20. The van der Waals surface area contributed by atoms with E-state index < -0.39 is 0 Å². The molecule has 26 heavy (non-hydrogen) atoms. The van der Waals surface area contributed by atoms with E-state index in [2.05, 4.69) is 11.8 Å². The Labute approximate surface area is 152 Å². The highest BCUT2D eigenvalue weighted by Crippen LogP contribution is 2.31. The van der Waals surface area contributed by atoms with Gasteiger partial charge in [0.25, 0.3) is 0 Å². The molecular formula is C22H23NO3. The smallest absolute Gasteiger partial charge is 0.344 e. The Hall–Kier alpha value is -2.59. The van der Waals surface area contributed by atoms with Gasteiger partial charge in [-0.15, -0.1) is 0 Å². The van der Waals surface area contributed by atoms with Crippen LogP contribution in [0, 0.1) is 0 Å². The van der Waals surface area contributed by atoms with E-state index in [1.807, 2.05) is 42.5 Å². The van der Waals surface area contributed by atoms with Gasteiger partial charge >= 0.3 is 5.63 Å². The minimum Gasteiger partial charge on any atom is -0.507 e. The van der Waals surface area contributed by atoms with E-state index in [9.17, 15) is 9.90 Å². The number of piperidine rings is 1. The Kier molecular flexibility index (Phi) is 4.51. The van der Waals surface area contributed by atoms with Gasteiger partial charge < -0.3 is 9.52 Å². The Morgan fingerprint density at radius 3 is 2.73 bits per heavy atom. The van der Waals surface area contributed by atoms with Crippen molar-refractivity contribution in [2.75, 3.05) is 6.54 Å². The van der Waals surface area contributed by atoms with Gasteiger partial charge in [0.15, 0.2) is 0 Å². The molecule has 2 heterocycles. The first-order valence-corrected chi connectivity index (χ1v) is 9.21. The average Bonchev–Trinajstić information content (AvgIpc) is 2.66. The average molecular weight is 349 g/mol. The van der Waals surface area contributed by atoms with Crippen LogP contribution in [-0.2, 0) is 6.54 Å². The van der Waals surface area contributed by atoms with Gasteiger partial charge in [0, 0.05) is 18.0 Å². The van der Waals surface area contributed by atoms with Crippen LogP contribution in [0.15, 0.2) is 57.7 Å². The van der Waals surface area contributed by atoms with Crippen LogP contribution in [0.5, 0.6) is 5.75 Å². The van der Waals surface area contributed by atoms with E-state index in [4.69, 9.17) is 4.42 Å². The van der Waals surface area contributed by atoms with Gasteiger partial charge in [0.2, 0.25) is 0 Å². The summed E-state index contributed by atoms with van der Waals surface area (Å²) in [4.78, 5) is 14.9. The maximum atomic E-state index is 12.6. The summed E-state index contributed by atoms with van der Waals surface area (Å²) in [7, 11) is 0. The molecule has 4 heteroatoms. The number of aromatic hydroxyl groups is 1. The number of benzene rings is 2. The minimum atomic E-state index is -0.373. The SMILES string of the molecule is CC1CCCCN1Cc1c(O)ccc2cc(-c3ccccc3)c(=O)oc12. The molecule has 0 bridgehead atoms. The Bertz CT molecular complexity index is 978. The fourth-order valence-electron chi connectivity index (χ4n) is 3.80. The summed E-state index contributed by atoms with van der Waals surface area (Å²) in [6.45, 7) is 3.81. The van der Waals surface area contributed by atoms with Crippen molar-refractivity contribution in [1.29, 1.82) is 0 Å². The second kappa shape index (κ2) is 6.96. The lowest BCUT2D eigenvalue weighted by Gasteiger charge is -2.33. The molecule has 1 N–H and O–H groups in total. The first kappa shape index (κ1) is 16.9. The summed E-state index contributed by atoms with van der Waals surface area (Å²) in [5.74, 6) is 0.186. The molecule has 1 aromatic heterocycles. The van der Waals surface area contributed by atoms with Crippen molar-refractivity contribution in [3.05, 3.63) is 64.5 Å². The number of nitrogens with zero attached hydrogens (tertiary/aromatic N) is 1. The molecule has 134 valence electrons. The van der Waals surface area contributed by atoms with Crippen LogP contribution in [0.4, 0.5) is 0 Å². The van der Waals surface area contributed by atoms with Crippen LogP contribution >= 0.6 is 0 Å². The molecule has 1 atom stereocenters. The molecule has 0 aliphatic carbocycles. The van der Waals surface area contributed by atoms with Crippen molar-refractivity contribution < 1.29 is 9.52 Å². The summed E-state index contributed by atoms with van der Waals surface area (Å²) in [6, 6.07) is 15.3. The third-order valence-electron chi connectivity index (χ3n) is 5.37. The normalized spacial score (nSPS) is 18.3. The highest BCUT2D eigenvalue weighted by molar-refractivity contribution is 5.85. The third-order valence-corrected chi connectivity index (χ3v) is 5.37. The zero-order valence-electron chi connectivity index (χ0n) is 14.9. The Morgan fingerprint density at radius 1 is 1.15 bits per heavy atom. The largest absolute Gasteiger partial charge is 0.507 e. The number of hydrogen-bond donors (Lipinski definition) is 1. The van der Waals surface area contributed by atoms with Crippen LogP contribution in [0.3, 0.4) is 0 Å². The fourth-order valence-corrected chi connectivity index (χ4v) is 3.80. The maximum Gasteiger partial charge on any atom is 0.344 e. The lowest BCUT2D eigenvalue weighted by atomic mass is 10.0. The van der Waals surface area contributed by atoms with E-state index >= 15 is 0 Å². The lowest BCUT2D eigenvalue weighted by Crippen LogP contribution is -2.36. The van der Waals surface area contributed by atoms with Crippen LogP contribution in [0.2, 0.25) is 0 Å². The second-order valence-corrected chi connectivity index (χ2v) is 7.11. The van der Waals surface area contributed by atoms with Crippen molar-refractivity contribution in [3.63, 3.8) is 0 Å². The zero-order chi connectivity index (χ0) is 18.1. The molecule has 0 spiro atoms. The predicted octanol–water partition coefficient (Wildman–Crippen LogP) is 4.54. The number of hydrogen-bond acceptors (Lipinski definition) is 4. The standard InChI is InChI=1S/C22H23NO3/c1-15-7-5-6-12-23(15)14-19-20(24)11-10-17-13-18(22(25)26-21(17)19)16-8-3-2-4-9-16/h2-4,8-11,13,15,24H,5-7,12,14H2,1H3. The highest BCUT2D eigenvalue weighted by Gasteiger charge is 2.22. The predicted molar refractivity (Wildman–Crippen MR) is 103 cm³/mol. The molecule has 0 saturated carbocycles. The van der Waals surface area contributed by atoms with Crippen LogP contribution < -0.4 is 5.63 Å². The summed E-state index contributed by atoms with van der Waals surface area (Å²) in [6.07, 6.45) is 3.57. The van der Waals surface area contributed by atoms with Gasteiger partial charge in [-0.1, -0.05) is 36.8 Å². The van der Waals surface area contributed by atoms with E-state index in [-0.39, 0.29) is 11.4 Å². The monoisotopic (exact) mass is 349 g/mol. The third kappa shape index (κ3) is 3.13. The molecular weight excluding hydrogens is 326 g/mol. The zero-order valence-corrected chi connectivity index (χ0v) is 14.9. The second-order valence-electron chi connectivity index (χ2n) is 7.11. The lowest BCUT2D eigenvalue weighted by molar-refractivity contribution is 0.151. The van der Waals surface area contributed by atoms with Gasteiger partial charge in [-0.25, -0.2) is 4.79 Å². The molecule has 3 aromatic rings. The quantitative estimate of drug-likeness (QED) is 0.705. The first-order valence-electron chi connectivity index (χ1n) is 9.21. The van der Waals surface area contributed by atoms with Crippen molar-refractivity contribution in [3.8, 4) is 16.9 Å². The molecule has 1 aliphatic heterocycles. The van der Waals surface area contributed by atoms with E-state index in [1.54, 1.807) is 6.07 Å². The summed E-state index contributed by atoms with van der Waals surface area (Å²) in [5, 5.41) is 11.2. The number of rotatable bonds is 3.